The molecule has 5 rings (SSSR count). The fourth-order valence-corrected chi connectivity index (χ4v) is 6.02. The first-order valence-electron chi connectivity index (χ1n) is 11.5. The Hall–Kier alpha value is -2.48. The van der Waals surface area contributed by atoms with Gasteiger partial charge in [0.15, 0.2) is 0 Å². The van der Waals surface area contributed by atoms with Gasteiger partial charge in [-0.2, -0.15) is 0 Å². The fraction of sp³-hybridized carbons (Fsp3) is 0.448. The molecule has 2 aromatic rings. The summed E-state index contributed by atoms with van der Waals surface area (Å²) in [5, 5.41) is 0. The van der Waals surface area contributed by atoms with Crippen LogP contribution in [0.5, 0.6) is 0 Å². The molecule has 0 saturated carbocycles. The van der Waals surface area contributed by atoms with E-state index in [0.717, 1.165) is 0 Å². The lowest BCUT2D eigenvalue weighted by Crippen LogP contribution is -2.42. The van der Waals surface area contributed by atoms with Crippen LogP contribution in [0.1, 0.15) is 77.6 Å². The molecule has 2 nitrogen and oxygen atoms in total. The summed E-state index contributed by atoms with van der Waals surface area (Å²) in [6.45, 7) is 18.5. The number of rotatable bonds is 0. The SMILES string of the molecule is CC1=CC(C)(C)N(C)c2cc3c(cc21)-c1cc2c(cc1C3(C)C)N(C)C(C)(C)C=C2C. The summed E-state index contributed by atoms with van der Waals surface area (Å²) in [4.78, 5) is 4.87. The lowest BCUT2D eigenvalue weighted by atomic mass is 9.79. The third-order valence-corrected chi connectivity index (χ3v) is 8.35. The lowest BCUT2D eigenvalue weighted by molar-refractivity contribution is 0.593. The van der Waals surface area contributed by atoms with E-state index in [0.29, 0.717) is 0 Å². The number of fused-ring (bicyclic) bond motifs is 5. The third kappa shape index (κ3) is 2.57. The van der Waals surface area contributed by atoms with Crippen LogP contribution in [0.2, 0.25) is 0 Å². The summed E-state index contributed by atoms with van der Waals surface area (Å²) >= 11 is 0. The summed E-state index contributed by atoms with van der Waals surface area (Å²) in [7, 11) is 4.46. The maximum absolute atomic E-state index is 2.47. The Labute approximate surface area is 188 Å². The minimum atomic E-state index is -0.0190. The van der Waals surface area contributed by atoms with Crippen LogP contribution >= 0.6 is 0 Å². The van der Waals surface area contributed by atoms with Crippen molar-refractivity contribution in [3.8, 4) is 11.1 Å². The van der Waals surface area contributed by atoms with Gasteiger partial charge in [0, 0.05) is 42.0 Å². The van der Waals surface area contributed by atoms with Crippen LogP contribution in [0.4, 0.5) is 11.4 Å². The highest BCUT2D eigenvalue weighted by Gasteiger charge is 2.40. The summed E-state index contributed by atoms with van der Waals surface area (Å²) in [6.07, 6.45) is 4.80. The molecule has 162 valence electrons. The van der Waals surface area contributed by atoms with Gasteiger partial charge in [0.2, 0.25) is 0 Å². The minimum Gasteiger partial charge on any atom is -0.365 e. The van der Waals surface area contributed by atoms with Crippen molar-refractivity contribution in [2.24, 2.45) is 0 Å². The van der Waals surface area contributed by atoms with Crippen molar-refractivity contribution in [3.63, 3.8) is 0 Å². The molecule has 0 amide bonds. The van der Waals surface area contributed by atoms with Crippen molar-refractivity contribution in [3.05, 3.63) is 58.7 Å². The van der Waals surface area contributed by atoms with Crippen molar-refractivity contribution in [2.45, 2.75) is 71.9 Å². The van der Waals surface area contributed by atoms with Gasteiger partial charge >= 0.3 is 0 Å². The number of hydrogen-bond acceptors (Lipinski definition) is 2. The van der Waals surface area contributed by atoms with E-state index in [2.05, 4.69) is 116 Å². The molecule has 0 aromatic heterocycles. The zero-order chi connectivity index (χ0) is 22.7. The number of allylic oxidation sites excluding steroid dienone is 2. The van der Waals surface area contributed by atoms with Gasteiger partial charge in [-0.1, -0.05) is 26.0 Å². The van der Waals surface area contributed by atoms with Crippen LogP contribution in [0.15, 0.2) is 36.4 Å². The number of nitrogens with zero attached hydrogens (tertiary/aromatic N) is 2. The van der Waals surface area contributed by atoms with Gasteiger partial charge in [0.25, 0.3) is 0 Å². The molecule has 2 aliphatic heterocycles. The molecule has 1 aliphatic carbocycles. The molecule has 0 fully saturated rings. The van der Waals surface area contributed by atoms with Gasteiger partial charge in [-0.3, -0.25) is 0 Å². The monoisotopic (exact) mass is 412 g/mol. The van der Waals surface area contributed by atoms with Crippen LogP contribution in [-0.2, 0) is 5.41 Å². The topological polar surface area (TPSA) is 6.48 Å². The maximum Gasteiger partial charge on any atom is 0.0531 e. The second-order valence-corrected chi connectivity index (χ2v) is 11.5. The molecule has 31 heavy (non-hydrogen) atoms. The highest BCUT2D eigenvalue weighted by atomic mass is 15.2. The van der Waals surface area contributed by atoms with Gasteiger partial charge < -0.3 is 9.80 Å². The molecule has 2 aromatic carbocycles. The second-order valence-electron chi connectivity index (χ2n) is 11.5. The van der Waals surface area contributed by atoms with E-state index in [4.69, 9.17) is 0 Å². The Morgan fingerprint density at radius 2 is 0.903 bits per heavy atom. The first kappa shape index (κ1) is 20.4. The Morgan fingerprint density at radius 3 is 1.26 bits per heavy atom. The third-order valence-electron chi connectivity index (χ3n) is 8.35. The average molecular weight is 413 g/mol. The molecule has 2 heteroatoms. The molecule has 0 saturated heterocycles. The molecule has 0 atom stereocenters. The molecule has 0 bridgehead atoms. The fourth-order valence-electron chi connectivity index (χ4n) is 6.02. The highest BCUT2D eigenvalue weighted by Crippen LogP contribution is 2.55. The van der Waals surface area contributed by atoms with Crippen molar-refractivity contribution >= 4 is 22.5 Å². The standard InChI is InChI=1S/C29H36N2/c1-17-15-27(3,4)30(9)25-13-23-21(11-19(17)25)22-12-20-18(2)16-28(5,6)31(10)26(20)14-24(22)29(23,7)8/h11-16H,1-10H3. The molecule has 2 heterocycles. The lowest BCUT2D eigenvalue weighted by Gasteiger charge is -2.41. The summed E-state index contributed by atoms with van der Waals surface area (Å²) in [5.74, 6) is 0. The number of anilines is 2. The Morgan fingerprint density at radius 1 is 0.548 bits per heavy atom. The van der Waals surface area contributed by atoms with Crippen LogP contribution in [0.3, 0.4) is 0 Å². The van der Waals surface area contributed by atoms with E-state index in [1.54, 1.807) is 0 Å². The summed E-state index contributed by atoms with van der Waals surface area (Å²) in [6, 6.07) is 9.85. The second kappa shape index (κ2) is 5.85. The van der Waals surface area contributed by atoms with Crippen LogP contribution in [-0.4, -0.2) is 25.2 Å². The van der Waals surface area contributed by atoms with Crippen molar-refractivity contribution < 1.29 is 0 Å². The molecule has 3 aliphatic rings. The van der Waals surface area contributed by atoms with Gasteiger partial charge in [0.05, 0.1) is 11.1 Å². The van der Waals surface area contributed by atoms with E-state index < -0.39 is 0 Å². The average Bonchev–Trinajstić information content (AvgIpc) is 2.88. The van der Waals surface area contributed by atoms with Crippen LogP contribution in [0, 0.1) is 0 Å². The zero-order valence-corrected chi connectivity index (χ0v) is 20.9. The van der Waals surface area contributed by atoms with Crippen molar-refractivity contribution in [1.29, 1.82) is 0 Å². The molecule has 0 spiro atoms. The number of benzene rings is 2. The van der Waals surface area contributed by atoms with Gasteiger partial charge in [-0.05, 0) is 99.2 Å². The van der Waals surface area contributed by atoms with E-state index >= 15 is 0 Å². The first-order valence-corrected chi connectivity index (χ1v) is 11.5. The normalized spacial score (nSPS) is 21.6. The predicted molar refractivity (Wildman–Crippen MR) is 136 cm³/mol. The van der Waals surface area contributed by atoms with Crippen molar-refractivity contribution in [1.82, 2.24) is 0 Å². The van der Waals surface area contributed by atoms with Gasteiger partial charge in [-0.25, -0.2) is 0 Å². The smallest absolute Gasteiger partial charge is 0.0531 e. The van der Waals surface area contributed by atoms with E-state index in [1.807, 2.05) is 0 Å². The summed E-state index contributed by atoms with van der Waals surface area (Å²) in [5.41, 5.74) is 13.9. The van der Waals surface area contributed by atoms with E-state index in [-0.39, 0.29) is 16.5 Å². The molecule has 0 radical (unpaired) electrons. The Balaban J connectivity index is 1.78. The first-order chi connectivity index (χ1) is 14.3. The molecular formula is C29H36N2. The van der Waals surface area contributed by atoms with Crippen LogP contribution in [0.25, 0.3) is 22.3 Å². The maximum atomic E-state index is 2.47. The largest absolute Gasteiger partial charge is 0.365 e. The Kier molecular flexibility index (Phi) is 3.85. The Bertz CT molecular complexity index is 1110. The molecular weight excluding hydrogens is 376 g/mol. The quantitative estimate of drug-likeness (QED) is 0.449. The van der Waals surface area contributed by atoms with E-state index in [1.165, 1.54) is 55.9 Å². The summed E-state index contributed by atoms with van der Waals surface area (Å²) < 4.78 is 0. The van der Waals surface area contributed by atoms with Crippen molar-refractivity contribution in [2.75, 3.05) is 23.9 Å². The zero-order valence-electron chi connectivity index (χ0n) is 20.9. The van der Waals surface area contributed by atoms with Gasteiger partial charge in [0.1, 0.15) is 0 Å². The molecule has 0 unspecified atom stereocenters. The van der Waals surface area contributed by atoms with Crippen LogP contribution < -0.4 is 9.80 Å². The highest BCUT2D eigenvalue weighted by molar-refractivity contribution is 5.94. The van der Waals surface area contributed by atoms with E-state index in [9.17, 15) is 0 Å². The number of likely N-dealkylation sites (N-methyl/N-ethyl adjacent to an activating group) is 2. The minimum absolute atomic E-state index is 0.0190. The predicted octanol–water partition coefficient (Wildman–Crippen LogP) is 7.26. The van der Waals surface area contributed by atoms with Gasteiger partial charge in [-0.15, -0.1) is 0 Å². The molecule has 0 N–H and O–H groups in total. The number of hydrogen-bond donors (Lipinski definition) is 0.